The number of amides is 1. The number of hydrogen-bond donors (Lipinski definition) is 2. The van der Waals surface area contributed by atoms with Gasteiger partial charge in [-0.1, -0.05) is 0 Å². The van der Waals surface area contributed by atoms with Gasteiger partial charge in [0.15, 0.2) is 0 Å². The van der Waals surface area contributed by atoms with E-state index < -0.39 is 11.7 Å². The number of carbonyl (C=O) groups is 1. The highest BCUT2D eigenvalue weighted by atomic mass is 79.9. The fourth-order valence-electron chi connectivity index (χ4n) is 1.34. The molecule has 0 saturated heterocycles. The van der Waals surface area contributed by atoms with Gasteiger partial charge in [0.2, 0.25) is 0 Å². The zero-order chi connectivity index (χ0) is 13.8. The number of rotatable bonds is 4. The van der Waals surface area contributed by atoms with Gasteiger partial charge in [-0.25, -0.2) is 4.79 Å². The van der Waals surface area contributed by atoms with Crippen LogP contribution in [0.25, 0.3) is 0 Å². The molecule has 0 aromatic carbocycles. The Hall–Kier alpha value is -0.590. The molecule has 0 aliphatic heterocycles. The Kier molecular flexibility index (Phi) is 5.62. The number of alkyl carbamates (subject to hydrolysis) is 1. The van der Waals surface area contributed by atoms with Crippen LogP contribution < -0.4 is 5.32 Å². The highest BCUT2D eigenvalue weighted by Gasteiger charge is 2.19. The molecule has 4 nitrogen and oxygen atoms in total. The number of nitrogens with one attached hydrogen (secondary N) is 1. The Labute approximate surface area is 119 Å². The summed E-state index contributed by atoms with van der Waals surface area (Å²) in [6.45, 7) is 5.29. The average molecular weight is 336 g/mol. The quantitative estimate of drug-likeness (QED) is 0.889. The first-order valence-electron chi connectivity index (χ1n) is 5.63. The molecule has 0 fully saturated rings. The fourth-order valence-corrected chi connectivity index (χ4v) is 2.87. The lowest BCUT2D eigenvalue weighted by Gasteiger charge is -2.22. The molecule has 1 aromatic rings. The van der Waals surface area contributed by atoms with E-state index in [9.17, 15) is 9.90 Å². The Balaban J connectivity index is 2.49. The number of thiophene rings is 1. The van der Waals surface area contributed by atoms with Crippen LogP contribution in [-0.4, -0.2) is 29.4 Å². The number of halogens is 1. The molecule has 0 aliphatic carbocycles. The topological polar surface area (TPSA) is 58.6 Å². The van der Waals surface area contributed by atoms with Crippen LogP contribution in [0.4, 0.5) is 4.79 Å². The third-order valence-corrected chi connectivity index (χ3v) is 3.73. The van der Waals surface area contributed by atoms with E-state index in [1.165, 1.54) is 0 Å². The molecule has 0 aliphatic rings. The number of aliphatic hydroxyl groups excluding tert-OH is 1. The van der Waals surface area contributed by atoms with E-state index in [0.717, 1.165) is 9.35 Å². The van der Waals surface area contributed by atoms with Gasteiger partial charge in [-0.15, -0.1) is 11.3 Å². The summed E-state index contributed by atoms with van der Waals surface area (Å²) < 4.78 is 6.16. The van der Waals surface area contributed by atoms with Crippen molar-refractivity contribution in [2.24, 2.45) is 0 Å². The van der Waals surface area contributed by atoms with Gasteiger partial charge in [-0.3, -0.25) is 0 Å². The highest BCUT2D eigenvalue weighted by Crippen LogP contribution is 2.21. The predicted octanol–water partition coefficient (Wildman–Crippen LogP) is 2.94. The lowest BCUT2D eigenvalue weighted by Crippen LogP contribution is -2.42. The van der Waals surface area contributed by atoms with Crippen molar-refractivity contribution < 1.29 is 14.6 Å². The van der Waals surface area contributed by atoms with E-state index in [1.807, 2.05) is 11.4 Å². The summed E-state index contributed by atoms with van der Waals surface area (Å²) in [4.78, 5) is 12.7. The van der Waals surface area contributed by atoms with Gasteiger partial charge in [0.1, 0.15) is 5.60 Å². The lowest BCUT2D eigenvalue weighted by molar-refractivity contribution is 0.0483. The fraction of sp³-hybridized carbons (Fsp3) is 0.583. The molecule has 0 bridgehead atoms. The summed E-state index contributed by atoms with van der Waals surface area (Å²) in [7, 11) is 0. The van der Waals surface area contributed by atoms with Crippen LogP contribution in [0.1, 0.15) is 25.6 Å². The first-order chi connectivity index (χ1) is 8.30. The van der Waals surface area contributed by atoms with E-state index >= 15 is 0 Å². The van der Waals surface area contributed by atoms with Crippen molar-refractivity contribution in [3.8, 4) is 0 Å². The van der Waals surface area contributed by atoms with Crippen LogP contribution in [0, 0.1) is 0 Å². The first kappa shape index (κ1) is 15.5. The Bertz CT molecular complexity index is 400. The van der Waals surface area contributed by atoms with Crippen molar-refractivity contribution in [2.75, 3.05) is 6.61 Å². The Morgan fingerprint density at radius 3 is 2.72 bits per heavy atom. The summed E-state index contributed by atoms with van der Waals surface area (Å²) in [5.41, 5.74) is -0.532. The molecule has 1 heterocycles. The third kappa shape index (κ3) is 5.84. The van der Waals surface area contributed by atoms with Crippen molar-refractivity contribution >= 4 is 33.4 Å². The van der Waals surface area contributed by atoms with Crippen LogP contribution in [0.15, 0.2) is 15.9 Å². The maximum absolute atomic E-state index is 11.6. The smallest absolute Gasteiger partial charge is 0.407 e. The monoisotopic (exact) mass is 335 g/mol. The van der Waals surface area contributed by atoms with Crippen molar-refractivity contribution in [3.63, 3.8) is 0 Å². The Morgan fingerprint density at radius 1 is 1.61 bits per heavy atom. The van der Waals surface area contributed by atoms with Gasteiger partial charge in [0.25, 0.3) is 0 Å². The number of carbonyl (C=O) groups excluding carboxylic acids is 1. The van der Waals surface area contributed by atoms with Crippen molar-refractivity contribution in [2.45, 2.75) is 38.8 Å². The summed E-state index contributed by atoms with van der Waals surface area (Å²) in [6, 6.07) is 1.65. The molecule has 0 saturated carbocycles. The van der Waals surface area contributed by atoms with E-state index in [-0.39, 0.29) is 12.6 Å². The second-order valence-electron chi connectivity index (χ2n) is 4.96. The molecule has 1 amide bonds. The van der Waals surface area contributed by atoms with Gasteiger partial charge in [-0.2, -0.15) is 0 Å². The lowest BCUT2D eigenvalue weighted by atomic mass is 10.2. The van der Waals surface area contributed by atoms with Crippen molar-refractivity contribution in [1.82, 2.24) is 5.32 Å². The minimum absolute atomic E-state index is 0.116. The van der Waals surface area contributed by atoms with Gasteiger partial charge in [0, 0.05) is 21.2 Å². The molecule has 1 unspecified atom stereocenters. The van der Waals surface area contributed by atoms with Crippen LogP contribution in [0.5, 0.6) is 0 Å². The van der Waals surface area contributed by atoms with Crippen LogP contribution in [0.3, 0.4) is 0 Å². The molecule has 18 heavy (non-hydrogen) atoms. The summed E-state index contributed by atoms with van der Waals surface area (Å²) in [5, 5.41) is 13.9. The SMILES string of the molecule is CC(C)(C)OC(=O)NC(CO)Cc1cc(Br)cs1. The predicted molar refractivity (Wildman–Crippen MR) is 76.0 cm³/mol. The standard InChI is InChI=1S/C12H18BrNO3S/c1-12(2,3)17-11(16)14-9(6-15)5-10-4-8(13)7-18-10/h4,7,9,15H,5-6H2,1-3H3,(H,14,16). The minimum atomic E-state index is -0.532. The highest BCUT2D eigenvalue weighted by molar-refractivity contribution is 9.10. The second-order valence-corrected chi connectivity index (χ2v) is 6.87. The molecule has 102 valence electrons. The first-order valence-corrected chi connectivity index (χ1v) is 7.30. The number of aliphatic hydroxyl groups is 1. The second kappa shape index (κ2) is 6.54. The van der Waals surface area contributed by atoms with E-state index in [2.05, 4.69) is 21.2 Å². The van der Waals surface area contributed by atoms with Crippen molar-refractivity contribution in [1.29, 1.82) is 0 Å². The van der Waals surface area contributed by atoms with Gasteiger partial charge in [0.05, 0.1) is 12.6 Å². The Morgan fingerprint density at radius 2 is 2.28 bits per heavy atom. The summed E-state index contributed by atoms with van der Waals surface area (Å²) >= 11 is 4.95. The van der Waals surface area contributed by atoms with Gasteiger partial charge >= 0.3 is 6.09 Å². The molecule has 0 radical (unpaired) electrons. The molecular formula is C12H18BrNO3S. The molecule has 0 spiro atoms. The molecular weight excluding hydrogens is 318 g/mol. The number of ether oxygens (including phenoxy) is 1. The normalized spacial score (nSPS) is 13.2. The molecule has 2 N–H and O–H groups in total. The summed E-state index contributed by atoms with van der Waals surface area (Å²) in [6.07, 6.45) is 0.0867. The van der Waals surface area contributed by atoms with Gasteiger partial charge in [-0.05, 0) is 42.8 Å². The van der Waals surface area contributed by atoms with Gasteiger partial charge < -0.3 is 15.2 Å². The van der Waals surface area contributed by atoms with E-state index in [1.54, 1.807) is 32.1 Å². The summed E-state index contributed by atoms with van der Waals surface area (Å²) in [5.74, 6) is 0. The number of hydrogen-bond acceptors (Lipinski definition) is 4. The van der Waals surface area contributed by atoms with Crippen molar-refractivity contribution in [3.05, 3.63) is 20.8 Å². The van der Waals surface area contributed by atoms with E-state index in [0.29, 0.717) is 6.42 Å². The van der Waals surface area contributed by atoms with E-state index in [4.69, 9.17) is 4.74 Å². The minimum Gasteiger partial charge on any atom is -0.444 e. The molecule has 1 rings (SSSR count). The average Bonchev–Trinajstić information content (AvgIpc) is 2.60. The zero-order valence-corrected chi connectivity index (χ0v) is 13.1. The maximum atomic E-state index is 11.6. The molecule has 1 atom stereocenters. The van der Waals surface area contributed by atoms with Crippen LogP contribution >= 0.6 is 27.3 Å². The zero-order valence-electron chi connectivity index (χ0n) is 10.7. The molecule has 6 heteroatoms. The maximum Gasteiger partial charge on any atom is 0.407 e. The third-order valence-electron chi connectivity index (χ3n) is 2.01. The molecule has 1 aromatic heterocycles. The van der Waals surface area contributed by atoms with Crippen LogP contribution in [-0.2, 0) is 11.2 Å². The largest absolute Gasteiger partial charge is 0.444 e. The van der Waals surface area contributed by atoms with Crippen LogP contribution in [0.2, 0.25) is 0 Å².